The summed E-state index contributed by atoms with van der Waals surface area (Å²) in [5.41, 5.74) is 2.75. The zero-order valence-electron chi connectivity index (χ0n) is 9.21. The molecule has 0 bridgehead atoms. The predicted molar refractivity (Wildman–Crippen MR) is 66.9 cm³/mol. The van der Waals surface area contributed by atoms with Gasteiger partial charge in [0.2, 0.25) is 0 Å². The van der Waals surface area contributed by atoms with Gasteiger partial charge in [0, 0.05) is 5.75 Å². The van der Waals surface area contributed by atoms with E-state index in [1.165, 1.54) is 16.0 Å². The third-order valence-electron chi connectivity index (χ3n) is 2.23. The summed E-state index contributed by atoms with van der Waals surface area (Å²) in [5.74, 6) is 1.73. The van der Waals surface area contributed by atoms with Crippen LogP contribution >= 0.6 is 11.8 Å². The topological polar surface area (TPSA) is 0 Å². The molecule has 1 unspecified atom stereocenters. The zero-order chi connectivity index (χ0) is 10.6. The highest BCUT2D eigenvalue weighted by Crippen LogP contribution is 2.23. The van der Waals surface area contributed by atoms with Crippen LogP contribution < -0.4 is 0 Å². The third kappa shape index (κ3) is 3.59. The Morgan fingerprint density at radius 3 is 2.43 bits per heavy atom. The summed E-state index contributed by atoms with van der Waals surface area (Å²) < 4.78 is 0. The Bertz CT molecular complexity index is 298. The minimum Gasteiger partial charge on any atom is -0.131 e. The highest BCUT2D eigenvalue weighted by atomic mass is 32.2. The highest BCUT2D eigenvalue weighted by Gasteiger charge is 2.04. The molecule has 0 N–H and O–H groups in total. The molecule has 0 fully saturated rings. The van der Waals surface area contributed by atoms with Crippen LogP contribution in [0.15, 0.2) is 35.7 Å². The Morgan fingerprint density at radius 2 is 1.93 bits per heavy atom. The molecule has 0 amide bonds. The van der Waals surface area contributed by atoms with E-state index in [4.69, 9.17) is 0 Å². The lowest BCUT2D eigenvalue weighted by atomic mass is 10.0. The molecular weight excluding hydrogens is 188 g/mol. The molecule has 0 heterocycles. The molecule has 0 aliphatic heterocycles. The quantitative estimate of drug-likeness (QED) is 0.705. The van der Waals surface area contributed by atoms with Gasteiger partial charge in [-0.3, -0.25) is 0 Å². The summed E-state index contributed by atoms with van der Waals surface area (Å²) in [7, 11) is 0. The Morgan fingerprint density at radius 1 is 1.36 bits per heavy atom. The first kappa shape index (κ1) is 11.4. The lowest BCUT2D eigenvalue weighted by molar-refractivity contribution is 0.881. The summed E-state index contributed by atoms with van der Waals surface area (Å²) in [6.45, 7) is 10.3. The van der Waals surface area contributed by atoms with Gasteiger partial charge in [-0.1, -0.05) is 43.3 Å². The van der Waals surface area contributed by atoms with Gasteiger partial charge in [0.1, 0.15) is 0 Å². The van der Waals surface area contributed by atoms with E-state index in [0.717, 1.165) is 5.75 Å². The average Bonchev–Trinajstić information content (AvgIpc) is 2.15. The minimum absolute atomic E-state index is 0.609. The lowest BCUT2D eigenvalue weighted by Crippen LogP contribution is -1.96. The first-order valence-electron chi connectivity index (χ1n) is 4.94. The van der Waals surface area contributed by atoms with Gasteiger partial charge in [-0.2, -0.15) is 0 Å². The van der Waals surface area contributed by atoms with Crippen molar-refractivity contribution >= 4 is 11.8 Å². The predicted octanol–water partition coefficient (Wildman–Crippen LogP) is 4.37. The smallest absolute Gasteiger partial charge is 0.00428 e. The maximum atomic E-state index is 3.90. The van der Waals surface area contributed by atoms with Crippen LogP contribution in [0.25, 0.3) is 0 Å². The highest BCUT2D eigenvalue weighted by molar-refractivity contribution is 8.03. The van der Waals surface area contributed by atoms with Crippen LogP contribution in [0, 0.1) is 6.92 Å². The minimum atomic E-state index is 0.609. The van der Waals surface area contributed by atoms with Crippen molar-refractivity contribution in [3.8, 4) is 0 Å². The molecule has 1 rings (SSSR count). The Balaban J connectivity index is 2.56. The molecule has 0 saturated carbocycles. The van der Waals surface area contributed by atoms with Crippen molar-refractivity contribution in [2.75, 3.05) is 5.75 Å². The van der Waals surface area contributed by atoms with E-state index >= 15 is 0 Å². The fraction of sp³-hybridized carbons (Fsp3) is 0.385. The van der Waals surface area contributed by atoms with Gasteiger partial charge < -0.3 is 0 Å². The zero-order valence-corrected chi connectivity index (χ0v) is 10.0. The van der Waals surface area contributed by atoms with Gasteiger partial charge >= 0.3 is 0 Å². The molecule has 0 nitrogen and oxygen atoms in total. The summed E-state index contributed by atoms with van der Waals surface area (Å²) in [4.78, 5) is 1.20. The summed E-state index contributed by atoms with van der Waals surface area (Å²) in [6, 6.07) is 8.80. The van der Waals surface area contributed by atoms with Crippen molar-refractivity contribution in [3.05, 3.63) is 46.9 Å². The Kier molecular flexibility index (Phi) is 4.27. The normalized spacial score (nSPS) is 12.5. The summed E-state index contributed by atoms with van der Waals surface area (Å²) in [5, 5.41) is 0. The molecule has 1 aromatic rings. The van der Waals surface area contributed by atoms with E-state index in [9.17, 15) is 0 Å². The van der Waals surface area contributed by atoms with Crippen LogP contribution in [0.5, 0.6) is 0 Å². The number of hydrogen-bond donors (Lipinski definition) is 0. The van der Waals surface area contributed by atoms with Crippen molar-refractivity contribution in [2.45, 2.75) is 26.7 Å². The van der Waals surface area contributed by atoms with Crippen LogP contribution in [-0.2, 0) is 0 Å². The van der Waals surface area contributed by atoms with Gasteiger partial charge in [-0.05, 0) is 30.2 Å². The lowest BCUT2D eigenvalue weighted by Gasteiger charge is -2.11. The average molecular weight is 206 g/mol. The van der Waals surface area contributed by atoms with Gasteiger partial charge in [0.25, 0.3) is 0 Å². The van der Waals surface area contributed by atoms with E-state index in [2.05, 4.69) is 51.6 Å². The van der Waals surface area contributed by atoms with E-state index in [1.54, 1.807) is 0 Å². The monoisotopic (exact) mass is 206 g/mol. The maximum absolute atomic E-state index is 3.90. The van der Waals surface area contributed by atoms with E-state index in [1.807, 2.05) is 11.8 Å². The molecule has 1 heteroatoms. The Labute approximate surface area is 91.4 Å². The van der Waals surface area contributed by atoms with Gasteiger partial charge in [-0.15, -0.1) is 11.8 Å². The second-order valence-electron chi connectivity index (χ2n) is 3.82. The van der Waals surface area contributed by atoms with Crippen LogP contribution in [0.4, 0.5) is 0 Å². The van der Waals surface area contributed by atoms with Gasteiger partial charge in [0.15, 0.2) is 0 Å². The number of rotatable bonds is 4. The molecule has 76 valence electrons. The molecule has 0 saturated heterocycles. The van der Waals surface area contributed by atoms with E-state index in [-0.39, 0.29) is 0 Å². The number of hydrogen-bond acceptors (Lipinski definition) is 1. The van der Waals surface area contributed by atoms with Crippen LogP contribution in [0.3, 0.4) is 0 Å². The molecule has 1 aromatic carbocycles. The molecule has 0 aliphatic rings. The van der Waals surface area contributed by atoms with E-state index in [0.29, 0.717) is 5.92 Å². The second kappa shape index (κ2) is 5.26. The van der Waals surface area contributed by atoms with Crippen molar-refractivity contribution in [3.63, 3.8) is 0 Å². The molecular formula is C13H18S. The number of benzene rings is 1. The Hall–Kier alpha value is -0.690. The second-order valence-corrected chi connectivity index (χ2v) is 5.14. The molecule has 1 atom stereocenters. The molecule has 0 aromatic heterocycles. The molecule has 0 spiro atoms. The largest absolute Gasteiger partial charge is 0.131 e. The van der Waals surface area contributed by atoms with Crippen molar-refractivity contribution in [2.24, 2.45) is 0 Å². The number of thioether (sulfide) groups is 1. The van der Waals surface area contributed by atoms with Crippen molar-refractivity contribution in [1.82, 2.24) is 0 Å². The van der Waals surface area contributed by atoms with Gasteiger partial charge in [0.05, 0.1) is 0 Å². The third-order valence-corrected chi connectivity index (χ3v) is 3.39. The van der Waals surface area contributed by atoms with Gasteiger partial charge in [-0.25, -0.2) is 0 Å². The number of allylic oxidation sites excluding steroid dienone is 1. The van der Waals surface area contributed by atoms with Crippen molar-refractivity contribution < 1.29 is 0 Å². The van der Waals surface area contributed by atoms with Crippen LogP contribution in [-0.4, -0.2) is 5.75 Å². The van der Waals surface area contributed by atoms with E-state index < -0.39 is 0 Å². The molecule has 0 radical (unpaired) electrons. The summed E-state index contributed by atoms with van der Waals surface area (Å²) >= 11 is 1.84. The van der Waals surface area contributed by atoms with Crippen LogP contribution in [0.2, 0.25) is 0 Å². The van der Waals surface area contributed by atoms with Crippen LogP contribution in [0.1, 0.15) is 30.9 Å². The molecule has 14 heavy (non-hydrogen) atoms. The molecule has 0 aliphatic carbocycles. The summed E-state index contributed by atoms with van der Waals surface area (Å²) in [6.07, 6.45) is 0. The first-order valence-corrected chi connectivity index (χ1v) is 5.93. The van der Waals surface area contributed by atoms with Crippen molar-refractivity contribution in [1.29, 1.82) is 0 Å². The fourth-order valence-corrected chi connectivity index (χ4v) is 1.99. The standard InChI is InChI=1S/C13H18S/c1-10(2)14-9-12(4)13-7-5-11(3)6-8-13/h5-8,12H,1,9H2,2-4H3. The number of aryl methyl sites for hydroxylation is 1. The first-order chi connectivity index (χ1) is 6.59. The SMILES string of the molecule is C=C(C)SCC(C)c1ccc(C)cc1. The maximum Gasteiger partial charge on any atom is 0.00428 e. The fourth-order valence-electron chi connectivity index (χ4n) is 1.26.